The molecule has 0 unspecified atom stereocenters. The van der Waals surface area contributed by atoms with Gasteiger partial charge in [0.2, 0.25) is 5.91 Å². The molecule has 0 saturated carbocycles. The minimum atomic E-state index is -0.415. The van der Waals surface area contributed by atoms with Crippen molar-refractivity contribution in [3.8, 4) is 0 Å². The van der Waals surface area contributed by atoms with E-state index in [2.05, 4.69) is 17.1 Å². The van der Waals surface area contributed by atoms with E-state index in [1.165, 1.54) is 12.8 Å². The molecular weight excluding hydrogens is 264 g/mol. The average Bonchev–Trinajstić information content (AvgIpc) is 2.98. The zero-order chi connectivity index (χ0) is 15.1. The number of carbonyl (C=O) groups excluding carboxylic acids is 1. The Hall–Kier alpha value is -1.39. The summed E-state index contributed by atoms with van der Waals surface area (Å²) in [5.41, 5.74) is 1.09. The lowest BCUT2D eigenvalue weighted by atomic mass is 10.2. The Bertz CT molecular complexity index is 436. The minimum Gasteiger partial charge on any atom is -0.364 e. The number of benzene rings is 1. The Morgan fingerprint density at radius 3 is 2.90 bits per heavy atom. The number of likely N-dealkylation sites (N-methyl/N-ethyl adjacent to an activating group) is 1. The lowest BCUT2D eigenvalue weighted by Gasteiger charge is -2.23. The van der Waals surface area contributed by atoms with E-state index in [1.54, 1.807) is 0 Å². The van der Waals surface area contributed by atoms with Gasteiger partial charge in [-0.2, -0.15) is 0 Å². The monoisotopic (exact) mass is 290 g/mol. The van der Waals surface area contributed by atoms with Gasteiger partial charge in [0.25, 0.3) is 0 Å². The smallest absolute Gasteiger partial charge is 0.248 e. The van der Waals surface area contributed by atoms with Crippen LogP contribution in [0.5, 0.6) is 0 Å². The van der Waals surface area contributed by atoms with E-state index >= 15 is 0 Å². The van der Waals surface area contributed by atoms with E-state index in [9.17, 15) is 4.79 Å². The summed E-state index contributed by atoms with van der Waals surface area (Å²) in [4.78, 5) is 14.5. The van der Waals surface area contributed by atoms with Gasteiger partial charge in [0, 0.05) is 12.6 Å². The molecule has 2 rings (SSSR count). The Morgan fingerprint density at radius 2 is 2.19 bits per heavy atom. The SMILES string of the molecule is CCN1CCC[C@H]1CNC(=O)[C@H](C)OCc1ccccc1. The predicted octanol–water partition coefficient (Wildman–Crippen LogP) is 2.19. The van der Waals surface area contributed by atoms with E-state index in [0.29, 0.717) is 12.6 Å². The predicted molar refractivity (Wildman–Crippen MR) is 84.0 cm³/mol. The maximum Gasteiger partial charge on any atom is 0.248 e. The number of nitrogens with zero attached hydrogens (tertiary/aromatic N) is 1. The fourth-order valence-electron chi connectivity index (χ4n) is 2.78. The summed E-state index contributed by atoms with van der Waals surface area (Å²) in [6.07, 6.45) is 1.99. The van der Waals surface area contributed by atoms with E-state index in [0.717, 1.165) is 25.2 Å². The molecule has 0 aliphatic carbocycles. The highest BCUT2D eigenvalue weighted by Gasteiger charge is 2.24. The first-order valence-electron chi connectivity index (χ1n) is 7.88. The molecule has 1 aliphatic heterocycles. The Morgan fingerprint density at radius 1 is 1.43 bits per heavy atom. The van der Waals surface area contributed by atoms with Gasteiger partial charge in [0.05, 0.1) is 6.61 Å². The van der Waals surface area contributed by atoms with Crippen LogP contribution in [0.15, 0.2) is 30.3 Å². The molecule has 1 aromatic carbocycles. The van der Waals surface area contributed by atoms with Crippen molar-refractivity contribution in [3.63, 3.8) is 0 Å². The van der Waals surface area contributed by atoms with Crippen LogP contribution in [-0.4, -0.2) is 42.6 Å². The number of ether oxygens (including phenoxy) is 1. The second-order valence-electron chi connectivity index (χ2n) is 5.61. The van der Waals surface area contributed by atoms with Crippen LogP contribution in [0.2, 0.25) is 0 Å². The Balaban J connectivity index is 1.70. The molecule has 1 saturated heterocycles. The summed E-state index contributed by atoms with van der Waals surface area (Å²) in [5.74, 6) is -0.0196. The number of hydrogen-bond donors (Lipinski definition) is 1. The van der Waals surface area contributed by atoms with Gasteiger partial charge >= 0.3 is 0 Å². The van der Waals surface area contributed by atoms with Gasteiger partial charge in [0.1, 0.15) is 6.10 Å². The summed E-state index contributed by atoms with van der Waals surface area (Å²) in [6.45, 7) is 7.39. The molecule has 0 bridgehead atoms. The number of hydrogen-bond acceptors (Lipinski definition) is 3. The summed E-state index contributed by atoms with van der Waals surface area (Å²) in [5, 5.41) is 3.02. The second kappa shape index (κ2) is 8.15. The summed E-state index contributed by atoms with van der Waals surface area (Å²) >= 11 is 0. The second-order valence-corrected chi connectivity index (χ2v) is 5.61. The molecular formula is C17H26N2O2. The Labute approximate surface area is 127 Å². The van der Waals surface area contributed by atoms with Crippen LogP contribution in [0.4, 0.5) is 0 Å². The fraction of sp³-hybridized carbons (Fsp3) is 0.588. The third-order valence-electron chi connectivity index (χ3n) is 4.13. The standard InChI is InChI=1S/C17H26N2O2/c1-3-19-11-7-10-16(19)12-18-17(20)14(2)21-13-15-8-5-4-6-9-15/h4-6,8-9,14,16H,3,7,10-13H2,1-2H3,(H,18,20)/t14-,16-/m0/s1. The van der Waals surface area contributed by atoms with Crippen molar-refractivity contribution in [1.82, 2.24) is 10.2 Å². The van der Waals surface area contributed by atoms with Crippen molar-refractivity contribution in [2.75, 3.05) is 19.6 Å². The number of nitrogens with one attached hydrogen (secondary N) is 1. The third kappa shape index (κ3) is 4.83. The molecule has 0 spiro atoms. The molecule has 4 nitrogen and oxygen atoms in total. The molecule has 1 N–H and O–H groups in total. The molecule has 2 atom stereocenters. The number of carbonyl (C=O) groups is 1. The fourth-order valence-corrected chi connectivity index (χ4v) is 2.78. The molecule has 1 aromatic rings. The summed E-state index contributed by atoms with van der Waals surface area (Å²) in [6, 6.07) is 10.4. The molecule has 116 valence electrons. The van der Waals surface area contributed by atoms with Crippen LogP contribution in [0, 0.1) is 0 Å². The van der Waals surface area contributed by atoms with Crippen LogP contribution >= 0.6 is 0 Å². The number of amides is 1. The zero-order valence-corrected chi connectivity index (χ0v) is 13.0. The van der Waals surface area contributed by atoms with Crippen molar-refractivity contribution in [3.05, 3.63) is 35.9 Å². The normalized spacial score (nSPS) is 20.4. The van der Waals surface area contributed by atoms with Crippen molar-refractivity contribution < 1.29 is 9.53 Å². The van der Waals surface area contributed by atoms with Crippen molar-refractivity contribution >= 4 is 5.91 Å². The van der Waals surface area contributed by atoms with Crippen LogP contribution in [0.1, 0.15) is 32.3 Å². The van der Waals surface area contributed by atoms with Crippen molar-refractivity contribution in [2.45, 2.75) is 45.4 Å². The summed E-state index contributed by atoms with van der Waals surface area (Å²) in [7, 11) is 0. The summed E-state index contributed by atoms with van der Waals surface area (Å²) < 4.78 is 5.63. The van der Waals surface area contributed by atoms with Gasteiger partial charge in [-0.1, -0.05) is 37.3 Å². The van der Waals surface area contributed by atoms with Crippen LogP contribution in [-0.2, 0) is 16.1 Å². The third-order valence-corrected chi connectivity index (χ3v) is 4.13. The van der Waals surface area contributed by atoms with E-state index in [-0.39, 0.29) is 5.91 Å². The van der Waals surface area contributed by atoms with E-state index in [4.69, 9.17) is 4.74 Å². The average molecular weight is 290 g/mol. The molecule has 1 amide bonds. The van der Waals surface area contributed by atoms with E-state index in [1.807, 2.05) is 37.3 Å². The highest BCUT2D eigenvalue weighted by atomic mass is 16.5. The first-order chi connectivity index (χ1) is 10.2. The quantitative estimate of drug-likeness (QED) is 0.837. The van der Waals surface area contributed by atoms with Gasteiger partial charge in [-0.05, 0) is 38.4 Å². The van der Waals surface area contributed by atoms with Gasteiger partial charge < -0.3 is 10.1 Å². The van der Waals surface area contributed by atoms with Crippen LogP contribution in [0.3, 0.4) is 0 Å². The maximum atomic E-state index is 12.1. The molecule has 0 radical (unpaired) electrons. The van der Waals surface area contributed by atoms with Crippen LogP contribution in [0.25, 0.3) is 0 Å². The maximum absolute atomic E-state index is 12.1. The van der Waals surface area contributed by atoms with Gasteiger partial charge in [0.15, 0.2) is 0 Å². The number of rotatable bonds is 7. The van der Waals surface area contributed by atoms with Crippen molar-refractivity contribution in [2.24, 2.45) is 0 Å². The molecule has 1 aliphatic rings. The van der Waals surface area contributed by atoms with Gasteiger partial charge in [-0.25, -0.2) is 0 Å². The molecule has 1 fully saturated rings. The lowest BCUT2D eigenvalue weighted by Crippen LogP contribution is -2.43. The lowest BCUT2D eigenvalue weighted by molar-refractivity contribution is -0.132. The van der Waals surface area contributed by atoms with Crippen LogP contribution < -0.4 is 5.32 Å². The molecule has 4 heteroatoms. The first-order valence-corrected chi connectivity index (χ1v) is 7.88. The first kappa shape index (κ1) is 16.0. The van der Waals surface area contributed by atoms with E-state index < -0.39 is 6.10 Å². The van der Waals surface area contributed by atoms with Gasteiger partial charge in [-0.15, -0.1) is 0 Å². The zero-order valence-electron chi connectivity index (χ0n) is 13.0. The molecule has 21 heavy (non-hydrogen) atoms. The van der Waals surface area contributed by atoms with Crippen molar-refractivity contribution in [1.29, 1.82) is 0 Å². The molecule has 0 aromatic heterocycles. The number of likely N-dealkylation sites (tertiary alicyclic amines) is 1. The Kier molecular flexibility index (Phi) is 6.21. The minimum absolute atomic E-state index is 0.0196. The highest BCUT2D eigenvalue weighted by Crippen LogP contribution is 2.15. The largest absolute Gasteiger partial charge is 0.364 e. The highest BCUT2D eigenvalue weighted by molar-refractivity contribution is 5.80. The topological polar surface area (TPSA) is 41.6 Å². The molecule has 1 heterocycles. The van der Waals surface area contributed by atoms with Gasteiger partial charge in [-0.3, -0.25) is 9.69 Å².